The summed E-state index contributed by atoms with van der Waals surface area (Å²) in [4.78, 5) is 0. The molecule has 35 heavy (non-hydrogen) atoms. The Balaban J connectivity index is 1.57. The Morgan fingerprint density at radius 1 is 0.371 bits per heavy atom. The summed E-state index contributed by atoms with van der Waals surface area (Å²) in [6.07, 6.45) is 1.87. The molecule has 0 saturated heterocycles. The summed E-state index contributed by atoms with van der Waals surface area (Å²) < 4.78 is 5.95. The molecular weight excluding hydrogens is 424 g/mol. The molecule has 0 fully saturated rings. The zero-order valence-corrected chi connectivity index (χ0v) is 19.1. The van der Waals surface area contributed by atoms with Gasteiger partial charge in [0.1, 0.15) is 5.58 Å². The highest BCUT2D eigenvalue weighted by molar-refractivity contribution is 6.21. The molecule has 0 amide bonds. The first-order chi connectivity index (χ1) is 17.4. The summed E-state index contributed by atoms with van der Waals surface area (Å²) in [6.45, 7) is 0. The number of hydrogen-bond donors (Lipinski definition) is 0. The molecule has 0 spiro atoms. The SMILES string of the molecule is c1ccc(-c2coc3ccc(-c4c5ccccc5c(-c5ccccc5)c5ccccc45)cc23)cc1. The minimum Gasteiger partial charge on any atom is -0.464 e. The summed E-state index contributed by atoms with van der Waals surface area (Å²) in [5, 5.41) is 6.18. The number of rotatable bonds is 3. The molecule has 0 bridgehead atoms. The maximum absolute atomic E-state index is 5.95. The summed E-state index contributed by atoms with van der Waals surface area (Å²) >= 11 is 0. The van der Waals surface area contributed by atoms with E-state index in [0.29, 0.717) is 0 Å². The van der Waals surface area contributed by atoms with E-state index in [4.69, 9.17) is 4.42 Å². The second kappa shape index (κ2) is 8.00. The zero-order valence-electron chi connectivity index (χ0n) is 19.1. The van der Waals surface area contributed by atoms with Gasteiger partial charge in [-0.1, -0.05) is 115 Å². The van der Waals surface area contributed by atoms with Crippen LogP contribution < -0.4 is 0 Å². The van der Waals surface area contributed by atoms with Crippen LogP contribution in [0.5, 0.6) is 0 Å². The molecule has 0 radical (unpaired) electrons. The minimum absolute atomic E-state index is 0.905. The van der Waals surface area contributed by atoms with Crippen molar-refractivity contribution in [2.24, 2.45) is 0 Å². The van der Waals surface area contributed by atoms with Crippen LogP contribution in [0.25, 0.3) is 65.9 Å². The summed E-state index contributed by atoms with van der Waals surface area (Å²) in [6, 6.07) is 45.3. The van der Waals surface area contributed by atoms with Crippen molar-refractivity contribution in [3.8, 4) is 33.4 Å². The molecule has 1 heterocycles. The van der Waals surface area contributed by atoms with Crippen LogP contribution in [0.2, 0.25) is 0 Å². The third-order valence-corrected chi connectivity index (χ3v) is 6.94. The van der Waals surface area contributed by atoms with Crippen molar-refractivity contribution in [3.63, 3.8) is 0 Å². The van der Waals surface area contributed by atoms with Gasteiger partial charge in [-0.15, -0.1) is 0 Å². The van der Waals surface area contributed by atoms with E-state index >= 15 is 0 Å². The Labute approximate surface area is 203 Å². The first-order valence-electron chi connectivity index (χ1n) is 11.9. The second-order valence-electron chi connectivity index (χ2n) is 8.93. The van der Waals surface area contributed by atoms with Gasteiger partial charge in [0.15, 0.2) is 0 Å². The van der Waals surface area contributed by atoms with E-state index in [2.05, 4.69) is 121 Å². The average molecular weight is 447 g/mol. The van der Waals surface area contributed by atoms with Crippen LogP contribution in [0, 0.1) is 0 Å². The van der Waals surface area contributed by atoms with Crippen molar-refractivity contribution in [2.45, 2.75) is 0 Å². The molecule has 1 nitrogen and oxygen atoms in total. The van der Waals surface area contributed by atoms with Crippen LogP contribution in [0.4, 0.5) is 0 Å². The minimum atomic E-state index is 0.905. The predicted molar refractivity (Wildman–Crippen MR) is 148 cm³/mol. The zero-order chi connectivity index (χ0) is 23.2. The predicted octanol–water partition coefficient (Wildman–Crippen LogP) is 9.74. The van der Waals surface area contributed by atoms with Gasteiger partial charge < -0.3 is 4.42 Å². The summed E-state index contributed by atoms with van der Waals surface area (Å²) in [5.41, 5.74) is 8.18. The van der Waals surface area contributed by atoms with Gasteiger partial charge in [-0.3, -0.25) is 0 Å². The van der Waals surface area contributed by atoms with E-state index in [0.717, 1.165) is 22.1 Å². The van der Waals surface area contributed by atoms with Gasteiger partial charge in [-0.25, -0.2) is 0 Å². The molecule has 164 valence electrons. The normalized spacial score (nSPS) is 11.4. The van der Waals surface area contributed by atoms with Gasteiger partial charge in [0.25, 0.3) is 0 Å². The van der Waals surface area contributed by atoms with Gasteiger partial charge in [0, 0.05) is 10.9 Å². The molecule has 0 aliphatic heterocycles. The molecule has 1 aromatic heterocycles. The third-order valence-electron chi connectivity index (χ3n) is 6.94. The van der Waals surface area contributed by atoms with Crippen molar-refractivity contribution in [2.75, 3.05) is 0 Å². The molecule has 7 rings (SSSR count). The lowest BCUT2D eigenvalue weighted by molar-refractivity contribution is 0.617. The monoisotopic (exact) mass is 446 g/mol. The molecule has 0 atom stereocenters. The van der Waals surface area contributed by atoms with Crippen molar-refractivity contribution >= 4 is 32.5 Å². The largest absolute Gasteiger partial charge is 0.464 e. The number of fused-ring (bicyclic) bond motifs is 3. The number of hydrogen-bond acceptors (Lipinski definition) is 1. The summed E-state index contributed by atoms with van der Waals surface area (Å²) in [7, 11) is 0. The van der Waals surface area contributed by atoms with Gasteiger partial charge in [0.2, 0.25) is 0 Å². The molecular formula is C34H22O. The van der Waals surface area contributed by atoms with Crippen LogP contribution in [-0.4, -0.2) is 0 Å². The second-order valence-corrected chi connectivity index (χ2v) is 8.93. The maximum atomic E-state index is 5.95. The molecule has 0 saturated carbocycles. The molecule has 0 N–H and O–H groups in total. The molecule has 7 aromatic rings. The van der Waals surface area contributed by atoms with E-state index in [1.54, 1.807) is 0 Å². The van der Waals surface area contributed by atoms with Crippen LogP contribution >= 0.6 is 0 Å². The Hall–Kier alpha value is -4.62. The Morgan fingerprint density at radius 3 is 1.43 bits per heavy atom. The van der Waals surface area contributed by atoms with E-state index in [9.17, 15) is 0 Å². The molecule has 0 unspecified atom stereocenters. The molecule has 0 aliphatic rings. The van der Waals surface area contributed by atoms with Crippen molar-refractivity contribution in [1.29, 1.82) is 0 Å². The molecule has 0 aliphatic carbocycles. The van der Waals surface area contributed by atoms with E-state index < -0.39 is 0 Å². The van der Waals surface area contributed by atoms with Crippen molar-refractivity contribution in [1.82, 2.24) is 0 Å². The Bertz CT molecular complexity index is 1770. The number of furan rings is 1. The third kappa shape index (κ3) is 3.17. The fourth-order valence-electron chi connectivity index (χ4n) is 5.38. The molecule has 6 aromatic carbocycles. The highest BCUT2D eigenvalue weighted by atomic mass is 16.3. The first kappa shape index (κ1) is 19.8. The first-order valence-corrected chi connectivity index (χ1v) is 11.9. The smallest absolute Gasteiger partial charge is 0.134 e. The van der Waals surface area contributed by atoms with Gasteiger partial charge in [-0.2, -0.15) is 0 Å². The van der Waals surface area contributed by atoms with Gasteiger partial charge >= 0.3 is 0 Å². The molecule has 1 heteroatoms. The fraction of sp³-hybridized carbons (Fsp3) is 0. The Morgan fingerprint density at radius 2 is 0.857 bits per heavy atom. The van der Waals surface area contributed by atoms with Crippen LogP contribution in [0.1, 0.15) is 0 Å². The average Bonchev–Trinajstić information content (AvgIpc) is 3.36. The van der Waals surface area contributed by atoms with Crippen LogP contribution in [0.15, 0.2) is 138 Å². The topological polar surface area (TPSA) is 13.1 Å². The van der Waals surface area contributed by atoms with Crippen molar-refractivity contribution < 1.29 is 4.42 Å². The summed E-state index contributed by atoms with van der Waals surface area (Å²) in [5.74, 6) is 0. The standard InChI is InChI=1S/C34H22O/c1-3-11-23(12-4-1)31-22-35-32-20-19-25(21-30(31)32)34-28-17-9-7-15-26(28)33(24-13-5-2-6-14-24)27-16-8-10-18-29(27)34/h1-22H. The number of benzene rings is 6. The van der Waals surface area contributed by atoms with Crippen LogP contribution in [-0.2, 0) is 0 Å². The highest BCUT2D eigenvalue weighted by Crippen LogP contribution is 2.44. The maximum Gasteiger partial charge on any atom is 0.134 e. The Kier molecular flexibility index (Phi) is 4.53. The fourth-order valence-corrected chi connectivity index (χ4v) is 5.38. The lowest BCUT2D eigenvalue weighted by Gasteiger charge is -2.17. The van der Waals surface area contributed by atoms with Gasteiger partial charge in [0.05, 0.1) is 6.26 Å². The van der Waals surface area contributed by atoms with Crippen LogP contribution in [0.3, 0.4) is 0 Å². The van der Waals surface area contributed by atoms with E-state index in [1.807, 2.05) is 12.3 Å². The highest BCUT2D eigenvalue weighted by Gasteiger charge is 2.17. The van der Waals surface area contributed by atoms with Gasteiger partial charge in [-0.05, 0) is 61.5 Å². The van der Waals surface area contributed by atoms with E-state index in [1.165, 1.54) is 43.8 Å². The lowest BCUT2D eigenvalue weighted by Crippen LogP contribution is -1.90. The lowest BCUT2D eigenvalue weighted by atomic mass is 9.85. The quantitative estimate of drug-likeness (QED) is 0.246. The van der Waals surface area contributed by atoms with Crippen molar-refractivity contribution in [3.05, 3.63) is 134 Å². The van der Waals surface area contributed by atoms with E-state index in [-0.39, 0.29) is 0 Å².